The number of hydrogen-bond donors (Lipinski definition) is 1. The van der Waals surface area contributed by atoms with Crippen molar-refractivity contribution in [3.8, 4) is 5.75 Å². The van der Waals surface area contributed by atoms with E-state index in [1.807, 2.05) is 55.5 Å². The highest BCUT2D eigenvalue weighted by atomic mass is 16.5. The van der Waals surface area contributed by atoms with E-state index in [1.54, 1.807) is 6.07 Å². The Labute approximate surface area is 132 Å². The molecule has 3 nitrogen and oxygen atoms in total. The molecule has 22 heavy (non-hydrogen) atoms. The van der Waals surface area contributed by atoms with Gasteiger partial charge in [-0.1, -0.05) is 56.3 Å². The summed E-state index contributed by atoms with van der Waals surface area (Å²) in [6, 6.07) is 17.4. The molecule has 2 aromatic rings. The minimum atomic E-state index is -0.0927. The van der Waals surface area contributed by atoms with Crippen LogP contribution in [0.5, 0.6) is 5.75 Å². The van der Waals surface area contributed by atoms with Gasteiger partial charge < -0.3 is 10.1 Å². The molecule has 1 atom stereocenters. The van der Waals surface area contributed by atoms with Crippen molar-refractivity contribution in [3.05, 3.63) is 65.7 Å². The van der Waals surface area contributed by atoms with Crippen molar-refractivity contribution in [2.75, 3.05) is 0 Å². The van der Waals surface area contributed by atoms with E-state index in [9.17, 15) is 4.79 Å². The van der Waals surface area contributed by atoms with Gasteiger partial charge in [-0.15, -0.1) is 0 Å². The number of ether oxygens (including phenoxy) is 1. The molecule has 0 bridgehead atoms. The Hall–Kier alpha value is -2.29. The smallest absolute Gasteiger partial charge is 0.255 e. The first-order valence-corrected chi connectivity index (χ1v) is 7.64. The maximum atomic E-state index is 12.4. The van der Waals surface area contributed by atoms with Crippen molar-refractivity contribution in [1.29, 1.82) is 0 Å². The van der Waals surface area contributed by atoms with Crippen molar-refractivity contribution in [1.82, 2.24) is 5.32 Å². The molecule has 1 unspecified atom stereocenters. The van der Waals surface area contributed by atoms with Gasteiger partial charge in [-0.3, -0.25) is 4.79 Å². The van der Waals surface area contributed by atoms with Gasteiger partial charge in [0.05, 0.1) is 5.56 Å². The van der Waals surface area contributed by atoms with Crippen LogP contribution >= 0.6 is 0 Å². The molecule has 0 aliphatic rings. The maximum Gasteiger partial charge on any atom is 0.255 e. The summed E-state index contributed by atoms with van der Waals surface area (Å²) in [6.45, 7) is 6.63. The second-order valence-electron chi connectivity index (χ2n) is 5.78. The molecular formula is C19H23NO2. The minimum absolute atomic E-state index is 0.0927. The Balaban J connectivity index is 2.08. The third-order valence-electron chi connectivity index (χ3n) is 3.73. The number of para-hydroxylation sites is 1. The van der Waals surface area contributed by atoms with Crippen LogP contribution in [-0.4, -0.2) is 11.9 Å². The zero-order chi connectivity index (χ0) is 15.9. The van der Waals surface area contributed by atoms with E-state index < -0.39 is 0 Å². The van der Waals surface area contributed by atoms with Crippen molar-refractivity contribution in [3.63, 3.8) is 0 Å². The quantitative estimate of drug-likeness (QED) is 0.874. The summed E-state index contributed by atoms with van der Waals surface area (Å²) in [6.07, 6.45) is 0. The molecule has 0 saturated heterocycles. The molecule has 0 heterocycles. The lowest BCUT2D eigenvalue weighted by Crippen LogP contribution is -2.36. The fraction of sp³-hybridized carbons (Fsp3) is 0.316. The number of amides is 1. The van der Waals surface area contributed by atoms with Crippen molar-refractivity contribution in [2.24, 2.45) is 5.92 Å². The Morgan fingerprint density at radius 2 is 1.64 bits per heavy atom. The lowest BCUT2D eigenvalue weighted by Gasteiger charge is -2.18. The Kier molecular flexibility index (Phi) is 5.59. The topological polar surface area (TPSA) is 38.3 Å². The normalized spacial score (nSPS) is 12.0. The van der Waals surface area contributed by atoms with E-state index in [0.29, 0.717) is 23.8 Å². The number of rotatable bonds is 6. The fourth-order valence-electron chi connectivity index (χ4n) is 1.97. The highest BCUT2D eigenvalue weighted by Crippen LogP contribution is 2.20. The standard InChI is InChI=1S/C19H23NO2/c1-14(2)15(3)20-19(21)17-11-7-8-12-18(17)22-13-16-9-5-4-6-10-16/h4-12,14-15H,13H2,1-3H3,(H,20,21). The Morgan fingerprint density at radius 1 is 1.00 bits per heavy atom. The first-order valence-electron chi connectivity index (χ1n) is 7.64. The van der Waals surface area contributed by atoms with E-state index in [-0.39, 0.29) is 11.9 Å². The zero-order valence-corrected chi connectivity index (χ0v) is 13.4. The van der Waals surface area contributed by atoms with Gasteiger partial charge in [0.2, 0.25) is 0 Å². The maximum absolute atomic E-state index is 12.4. The highest BCUT2D eigenvalue weighted by Gasteiger charge is 2.16. The van der Waals surface area contributed by atoms with Gasteiger partial charge in [-0.05, 0) is 30.5 Å². The van der Waals surface area contributed by atoms with Crippen LogP contribution in [0.2, 0.25) is 0 Å². The average molecular weight is 297 g/mol. The molecule has 2 aromatic carbocycles. The van der Waals surface area contributed by atoms with Gasteiger partial charge in [0, 0.05) is 6.04 Å². The van der Waals surface area contributed by atoms with E-state index in [4.69, 9.17) is 4.74 Å². The second kappa shape index (κ2) is 7.64. The van der Waals surface area contributed by atoms with Gasteiger partial charge in [0.25, 0.3) is 5.91 Å². The molecule has 0 fully saturated rings. The zero-order valence-electron chi connectivity index (χ0n) is 13.4. The third-order valence-corrected chi connectivity index (χ3v) is 3.73. The van der Waals surface area contributed by atoms with E-state index in [2.05, 4.69) is 19.2 Å². The summed E-state index contributed by atoms with van der Waals surface area (Å²) in [5, 5.41) is 3.02. The second-order valence-corrected chi connectivity index (χ2v) is 5.78. The van der Waals surface area contributed by atoms with E-state index in [1.165, 1.54) is 0 Å². The van der Waals surface area contributed by atoms with Crippen molar-refractivity contribution in [2.45, 2.75) is 33.4 Å². The van der Waals surface area contributed by atoms with Crippen LogP contribution in [0.1, 0.15) is 36.7 Å². The largest absolute Gasteiger partial charge is 0.488 e. The van der Waals surface area contributed by atoms with E-state index >= 15 is 0 Å². The van der Waals surface area contributed by atoms with Crippen LogP contribution in [0, 0.1) is 5.92 Å². The Morgan fingerprint density at radius 3 is 2.32 bits per heavy atom. The van der Waals surface area contributed by atoms with E-state index in [0.717, 1.165) is 5.56 Å². The third kappa shape index (κ3) is 4.35. The molecule has 2 rings (SSSR count). The molecule has 0 spiro atoms. The summed E-state index contributed by atoms with van der Waals surface area (Å²) in [5.74, 6) is 0.908. The molecule has 0 saturated carbocycles. The summed E-state index contributed by atoms with van der Waals surface area (Å²) in [5.41, 5.74) is 1.65. The number of nitrogens with one attached hydrogen (secondary N) is 1. The molecular weight excluding hydrogens is 274 g/mol. The molecule has 3 heteroatoms. The number of hydrogen-bond acceptors (Lipinski definition) is 2. The van der Waals surface area contributed by atoms with Gasteiger partial charge in [0.1, 0.15) is 12.4 Å². The van der Waals surface area contributed by atoms with Gasteiger partial charge in [-0.2, -0.15) is 0 Å². The molecule has 0 aliphatic heterocycles. The first kappa shape index (κ1) is 16.1. The number of carbonyl (C=O) groups excluding carboxylic acids is 1. The number of carbonyl (C=O) groups is 1. The fourth-order valence-corrected chi connectivity index (χ4v) is 1.97. The van der Waals surface area contributed by atoms with Crippen LogP contribution in [0.15, 0.2) is 54.6 Å². The van der Waals surface area contributed by atoms with Crippen LogP contribution in [-0.2, 0) is 6.61 Å². The SMILES string of the molecule is CC(C)C(C)NC(=O)c1ccccc1OCc1ccccc1. The van der Waals surface area contributed by atoms with Gasteiger partial charge in [0.15, 0.2) is 0 Å². The van der Waals surface area contributed by atoms with Crippen molar-refractivity contribution >= 4 is 5.91 Å². The highest BCUT2D eigenvalue weighted by molar-refractivity contribution is 5.97. The molecule has 0 radical (unpaired) electrons. The number of benzene rings is 2. The van der Waals surface area contributed by atoms with Gasteiger partial charge in [-0.25, -0.2) is 0 Å². The molecule has 1 N–H and O–H groups in total. The lowest BCUT2D eigenvalue weighted by molar-refractivity contribution is 0.0926. The van der Waals surface area contributed by atoms with Crippen LogP contribution < -0.4 is 10.1 Å². The summed E-state index contributed by atoms with van der Waals surface area (Å²) < 4.78 is 5.83. The molecule has 0 aliphatic carbocycles. The molecule has 0 aromatic heterocycles. The Bertz CT molecular complexity index is 608. The predicted molar refractivity (Wildman–Crippen MR) is 89.0 cm³/mol. The first-order chi connectivity index (χ1) is 10.6. The van der Waals surface area contributed by atoms with Gasteiger partial charge >= 0.3 is 0 Å². The molecule has 116 valence electrons. The van der Waals surface area contributed by atoms with Crippen LogP contribution in [0.4, 0.5) is 0 Å². The van der Waals surface area contributed by atoms with Crippen LogP contribution in [0.3, 0.4) is 0 Å². The monoisotopic (exact) mass is 297 g/mol. The van der Waals surface area contributed by atoms with Crippen molar-refractivity contribution < 1.29 is 9.53 Å². The minimum Gasteiger partial charge on any atom is -0.488 e. The lowest BCUT2D eigenvalue weighted by atomic mass is 10.1. The average Bonchev–Trinajstić information content (AvgIpc) is 2.54. The summed E-state index contributed by atoms with van der Waals surface area (Å²) in [4.78, 5) is 12.4. The summed E-state index contributed by atoms with van der Waals surface area (Å²) in [7, 11) is 0. The predicted octanol–water partition coefficient (Wildman–Crippen LogP) is 4.04. The summed E-state index contributed by atoms with van der Waals surface area (Å²) >= 11 is 0. The van der Waals surface area contributed by atoms with Crippen LogP contribution in [0.25, 0.3) is 0 Å². The molecule has 1 amide bonds.